The number of aryl methyl sites for hydroxylation is 1. The first-order valence-electron chi connectivity index (χ1n) is 5.96. The van der Waals surface area contributed by atoms with Crippen LogP contribution in [0.25, 0.3) is 0 Å². The molecular formula is C14H13Cl2NO3S. The third-order valence-corrected chi connectivity index (χ3v) is 4.93. The smallest absolute Gasteiger partial charge is 0.262 e. The van der Waals surface area contributed by atoms with E-state index in [2.05, 4.69) is 4.72 Å². The molecule has 0 saturated heterocycles. The van der Waals surface area contributed by atoms with E-state index < -0.39 is 10.0 Å². The third-order valence-electron chi connectivity index (χ3n) is 2.86. The predicted octanol–water partition coefficient (Wildman–Crippen LogP) is 4.11. The van der Waals surface area contributed by atoms with Gasteiger partial charge in [0.15, 0.2) is 0 Å². The highest BCUT2D eigenvalue weighted by Gasteiger charge is 2.19. The van der Waals surface area contributed by atoms with Gasteiger partial charge in [0.2, 0.25) is 0 Å². The van der Waals surface area contributed by atoms with Gasteiger partial charge in [-0.25, -0.2) is 8.42 Å². The second-order valence-electron chi connectivity index (χ2n) is 4.36. The van der Waals surface area contributed by atoms with Gasteiger partial charge in [0, 0.05) is 11.1 Å². The molecule has 4 nitrogen and oxygen atoms in total. The quantitative estimate of drug-likeness (QED) is 0.906. The van der Waals surface area contributed by atoms with E-state index >= 15 is 0 Å². The molecule has 0 heterocycles. The Morgan fingerprint density at radius 3 is 2.48 bits per heavy atom. The zero-order valence-corrected chi connectivity index (χ0v) is 13.7. The molecule has 0 amide bonds. The highest BCUT2D eigenvalue weighted by atomic mass is 35.5. The molecule has 0 aliphatic carbocycles. The summed E-state index contributed by atoms with van der Waals surface area (Å²) in [5.74, 6) is 0.500. The molecule has 2 rings (SSSR count). The second kappa shape index (κ2) is 6.13. The Morgan fingerprint density at radius 1 is 1.10 bits per heavy atom. The summed E-state index contributed by atoms with van der Waals surface area (Å²) in [5, 5.41) is 0.622. The SMILES string of the molecule is COc1ccc(Cl)c(NS(=O)(=O)c2cc(Cl)ccc2C)c1. The summed E-state index contributed by atoms with van der Waals surface area (Å²) >= 11 is 11.9. The first-order valence-corrected chi connectivity index (χ1v) is 8.20. The fraction of sp³-hybridized carbons (Fsp3) is 0.143. The molecule has 7 heteroatoms. The summed E-state index contributed by atoms with van der Waals surface area (Å²) in [6.07, 6.45) is 0. The first-order chi connectivity index (χ1) is 9.83. The van der Waals surface area contributed by atoms with Crippen LogP contribution in [0.5, 0.6) is 5.75 Å². The molecule has 0 aliphatic rings. The lowest BCUT2D eigenvalue weighted by molar-refractivity contribution is 0.415. The number of rotatable bonds is 4. The van der Waals surface area contributed by atoms with E-state index in [9.17, 15) is 8.42 Å². The van der Waals surface area contributed by atoms with Crippen LogP contribution in [-0.2, 0) is 10.0 Å². The van der Waals surface area contributed by atoms with Crippen LogP contribution in [0, 0.1) is 6.92 Å². The number of hydrogen-bond donors (Lipinski definition) is 1. The van der Waals surface area contributed by atoms with Gasteiger partial charge < -0.3 is 4.74 Å². The fourth-order valence-electron chi connectivity index (χ4n) is 1.77. The highest BCUT2D eigenvalue weighted by molar-refractivity contribution is 7.92. The molecule has 0 aromatic heterocycles. The van der Waals surface area contributed by atoms with E-state index in [1.165, 1.54) is 19.2 Å². The summed E-state index contributed by atoms with van der Waals surface area (Å²) in [4.78, 5) is 0.105. The predicted molar refractivity (Wildman–Crippen MR) is 85.0 cm³/mol. The van der Waals surface area contributed by atoms with Gasteiger partial charge in [-0.1, -0.05) is 29.3 Å². The zero-order valence-electron chi connectivity index (χ0n) is 11.4. The Kier molecular flexibility index (Phi) is 4.66. The van der Waals surface area contributed by atoms with E-state index in [1.807, 2.05) is 0 Å². The lowest BCUT2D eigenvalue weighted by Gasteiger charge is -2.12. The molecule has 0 fully saturated rings. The van der Waals surface area contributed by atoms with E-state index in [1.54, 1.807) is 31.2 Å². The molecule has 21 heavy (non-hydrogen) atoms. The van der Waals surface area contributed by atoms with E-state index in [0.29, 0.717) is 16.3 Å². The largest absolute Gasteiger partial charge is 0.497 e. The van der Waals surface area contributed by atoms with E-state index in [-0.39, 0.29) is 15.6 Å². The Morgan fingerprint density at radius 2 is 1.81 bits per heavy atom. The molecule has 1 N–H and O–H groups in total. The minimum atomic E-state index is -3.79. The third kappa shape index (κ3) is 3.61. The molecule has 2 aromatic carbocycles. The minimum absolute atomic E-state index is 0.105. The van der Waals surface area contributed by atoms with Crippen molar-refractivity contribution in [3.05, 3.63) is 52.0 Å². The lowest BCUT2D eigenvalue weighted by atomic mass is 10.2. The van der Waals surface area contributed by atoms with Crippen molar-refractivity contribution in [2.24, 2.45) is 0 Å². The maximum absolute atomic E-state index is 12.5. The van der Waals surface area contributed by atoms with Crippen LogP contribution in [0.15, 0.2) is 41.3 Å². The summed E-state index contributed by atoms with van der Waals surface area (Å²) < 4.78 is 32.4. The van der Waals surface area contributed by atoms with Crippen LogP contribution in [0.4, 0.5) is 5.69 Å². The average Bonchev–Trinajstić information content (AvgIpc) is 2.43. The van der Waals surface area contributed by atoms with Crippen molar-refractivity contribution in [3.8, 4) is 5.75 Å². The zero-order chi connectivity index (χ0) is 15.6. The van der Waals surface area contributed by atoms with Crippen molar-refractivity contribution in [2.45, 2.75) is 11.8 Å². The van der Waals surface area contributed by atoms with Crippen molar-refractivity contribution >= 4 is 38.9 Å². The number of sulfonamides is 1. The van der Waals surface area contributed by atoms with Gasteiger partial charge in [-0.2, -0.15) is 0 Å². The van der Waals surface area contributed by atoms with Crippen LogP contribution in [-0.4, -0.2) is 15.5 Å². The van der Waals surface area contributed by atoms with Gasteiger partial charge in [0.25, 0.3) is 10.0 Å². The molecule has 0 bridgehead atoms. The maximum Gasteiger partial charge on any atom is 0.262 e. The van der Waals surface area contributed by atoms with Crippen LogP contribution >= 0.6 is 23.2 Å². The summed E-state index contributed by atoms with van der Waals surface area (Å²) in [6.45, 7) is 1.69. The second-order valence-corrected chi connectivity index (χ2v) is 6.86. The van der Waals surface area contributed by atoms with Gasteiger partial charge >= 0.3 is 0 Å². The fourth-order valence-corrected chi connectivity index (χ4v) is 3.57. The van der Waals surface area contributed by atoms with Gasteiger partial charge in [0.05, 0.1) is 22.7 Å². The van der Waals surface area contributed by atoms with Crippen molar-refractivity contribution in [1.29, 1.82) is 0 Å². The van der Waals surface area contributed by atoms with Crippen LogP contribution < -0.4 is 9.46 Å². The van der Waals surface area contributed by atoms with Crippen LogP contribution in [0.1, 0.15) is 5.56 Å². The molecular weight excluding hydrogens is 333 g/mol. The van der Waals surface area contributed by atoms with Gasteiger partial charge in [-0.05, 0) is 36.8 Å². The number of hydrogen-bond acceptors (Lipinski definition) is 3. The maximum atomic E-state index is 12.5. The minimum Gasteiger partial charge on any atom is -0.497 e. The Labute approximate surface area is 133 Å². The van der Waals surface area contributed by atoms with Crippen molar-refractivity contribution in [3.63, 3.8) is 0 Å². The first kappa shape index (κ1) is 15.9. The van der Waals surface area contributed by atoms with E-state index in [4.69, 9.17) is 27.9 Å². The van der Waals surface area contributed by atoms with Gasteiger partial charge in [-0.15, -0.1) is 0 Å². The summed E-state index contributed by atoms with van der Waals surface area (Å²) in [7, 11) is -2.30. The molecule has 2 aromatic rings. The molecule has 0 radical (unpaired) electrons. The van der Waals surface area contributed by atoms with Crippen LogP contribution in [0.3, 0.4) is 0 Å². The number of ether oxygens (including phenoxy) is 1. The monoisotopic (exact) mass is 345 g/mol. The number of anilines is 1. The summed E-state index contributed by atoms with van der Waals surface area (Å²) in [6, 6.07) is 9.39. The standard InChI is InChI=1S/C14H13Cl2NO3S/c1-9-3-4-10(15)7-14(9)21(18,19)17-13-8-11(20-2)5-6-12(13)16/h3-8,17H,1-2H3. The molecule has 112 valence electrons. The molecule has 0 saturated carbocycles. The van der Waals surface area contributed by atoms with Crippen LogP contribution in [0.2, 0.25) is 10.0 Å². The molecule has 0 unspecified atom stereocenters. The van der Waals surface area contributed by atoms with Crippen molar-refractivity contribution < 1.29 is 13.2 Å². The Balaban J connectivity index is 2.44. The van der Waals surface area contributed by atoms with Gasteiger partial charge in [-0.3, -0.25) is 4.72 Å². The molecule has 0 aliphatic heterocycles. The normalized spacial score (nSPS) is 11.2. The molecule has 0 atom stereocenters. The van der Waals surface area contributed by atoms with Crippen molar-refractivity contribution in [2.75, 3.05) is 11.8 Å². The average molecular weight is 346 g/mol. The number of nitrogens with one attached hydrogen (secondary N) is 1. The Hall–Kier alpha value is -1.43. The van der Waals surface area contributed by atoms with Crippen molar-refractivity contribution in [1.82, 2.24) is 0 Å². The summed E-state index contributed by atoms with van der Waals surface area (Å²) in [5.41, 5.74) is 0.835. The number of benzene rings is 2. The number of halogens is 2. The van der Waals surface area contributed by atoms with E-state index in [0.717, 1.165) is 0 Å². The lowest BCUT2D eigenvalue weighted by Crippen LogP contribution is -2.14. The Bertz CT molecular complexity index is 776. The highest BCUT2D eigenvalue weighted by Crippen LogP contribution is 2.30. The number of methoxy groups -OCH3 is 1. The van der Waals surface area contributed by atoms with Gasteiger partial charge in [0.1, 0.15) is 5.75 Å². The topological polar surface area (TPSA) is 55.4 Å². The molecule has 0 spiro atoms.